The van der Waals surface area contributed by atoms with Crippen LogP contribution in [-0.2, 0) is 0 Å². The Balaban J connectivity index is 2.81. The average molecular weight is 196 g/mol. The van der Waals surface area contributed by atoms with Crippen LogP contribution in [0, 0.1) is 13.8 Å². The number of hydrogen-bond acceptors (Lipinski definition) is 0. The van der Waals surface area contributed by atoms with Crippen molar-refractivity contribution in [2.45, 2.75) is 20.8 Å². The lowest BCUT2D eigenvalue weighted by atomic mass is 9.98. The maximum atomic E-state index is 2.24. The molecule has 2 aromatic rings. The topological polar surface area (TPSA) is 0 Å². The predicted octanol–water partition coefficient (Wildman–Crippen LogP) is 4.49. The van der Waals surface area contributed by atoms with E-state index >= 15 is 0 Å². The van der Waals surface area contributed by atoms with E-state index in [-0.39, 0.29) is 0 Å². The molecule has 0 radical (unpaired) electrons. The van der Waals surface area contributed by atoms with Crippen molar-refractivity contribution >= 4 is 16.8 Å². The first kappa shape index (κ1) is 9.97. The van der Waals surface area contributed by atoms with E-state index in [2.05, 4.69) is 63.3 Å². The average Bonchev–Trinajstić information content (AvgIpc) is 2.22. The largest absolute Gasteiger partial charge is 0.0870 e. The highest BCUT2D eigenvalue weighted by Gasteiger charge is 2.01. The molecule has 0 saturated carbocycles. The molecule has 0 aliphatic carbocycles. The summed E-state index contributed by atoms with van der Waals surface area (Å²) in [6, 6.07) is 11.0. The van der Waals surface area contributed by atoms with Crippen LogP contribution >= 0.6 is 0 Å². The monoisotopic (exact) mass is 196 g/mol. The number of benzene rings is 2. The molecule has 2 rings (SSSR count). The lowest BCUT2D eigenvalue weighted by Crippen LogP contribution is -1.84. The molecule has 0 N–H and O–H groups in total. The van der Waals surface area contributed by atoms with Crippen LogP contribution in [0.15, 0.2) is 36.4 Å². The molecule has 0 bridgehead atoms. The Morgan fingerprint density at radius 3 is 2.53 bits per heavy atom. The third kappa shape index (κ3) is 1.80. The van der Waals surface area contributed by atoms with Crippen LogP contribution in [0.2, 0.25) is 0 Å². The van der Waals surface area contributed by atoms with Crippen molar-refractivity contribution < 1.29 is 0 Å². The Kier molecular flexibility index (Phi) is 2.59. The third-order valence-corrected chi connectivity index (χ3v) is 2.77. The second-order valence-electron chi connectivity index (χ2n) is 4.02. The molecule has 0 unspecified atom stereocenters. The molecule has 76 valence electrons. The summed E-state index contributed by atoms with van der Waals surface area (Å²) in [5.74, 6) is 0. The molecule has 0 fully saturated rings. The Hall–Kier alpha value is -1.56. The van der Waals surface area contributed by atoms with Crippen LogP contribution in [-0.4, -0.2) is 0 Å². The minimum absolute atomic E-state index is 1.32. The number of rotatable bonds is 1. The van der Waals surface area contributed by atoms with Gasteiger partial charge in [-0.1, -0.05) is 48.0 Å². The highest BCUT2D eigenvalue weighted by Crippen LogP contribution is 2.24. The molecule has 15 heavy (non-hydrogen) atoms. The van der Waals surface area contributed by atoms with Gasteiger partial charge in [0.15, 0.2) is 0 Å². The number of fused-ring (bicyclic) bond motifs is 1. The molecular weight excluding hydrogens is 180 g/mol. The molecule has 0 nitrogen and oxygen atoms in total. The van der Waals surface area contributed by atoms with E-state index in [1.807, 2.05) is 0 Å². The van der Waals surface area contributed by atoms with Crippen LogP contribution in [0.5, 0.6) is 0 Å². The first-order chi connectivity index (χ1) is 7.22. The Bertz CT molecular complexity index is 519. The first-order valence-electron chi connectivity index (χ1n) is 5.35. The van der Waals surface area contributed by atoms with Gasteiger partial charge in [-0.3, -0.25) is 0 Å². The summed E-state index contributed by atoms with van der Waals surface area (Å²) in [5.41, 5.74) is 4.00. The van der Waals surface area contributed by atoms with Crippen LogP contribution in [0.1, 0.15) is 23.6 Å². The van der Waals surface area contributed by atoms with Crippen molar-refractivity contribution in [3.05, 3.63) is 53.1 Å². The Morgan fingerprint density at radius 2 is 1.80 bits per heavy atom. The van der Waals surface area contributed by atoms with Gasteiger partial charge in [0.25, 0.3) is 0 Å². The van der Waals surface area contributed by atoms with E-state index in [1.54, 1.807) is 0 Å². The van der Waals surface area contributed by atoms with E-state index < -0.39 is 0 Å². The van der Waals surface area contributed by atoms with Crippen LogP contribution in [0.3, 0.4) is 0 Å². The lowest BCUT2D eigenvalue weighted by Gasteiger charge is -2.07. The molecule has 0 amide bonds. The van der Waals surface area contributed by atoms with Gasteiger partial charge in [0.2, 0.25) is 0 Å². The van der Waals surface area contributed by atoms with Gasteiger partial charge in [0, 0.05) is 0 Å². The molecule has 0 saturated heterocycles. The van der Waals surface area contributed by atoms with E-state index in [1.165, 1.54) is 27.5 Å². The van der Waals surface area contributed by atoms with Gasteiger partial charge in [-0.2, -0.15) is 0 Å². The molecule has 0 spiro atoms. The van der Waals surface area contributed by atoms with Crippen LogP contribution in [0.25, 0.3) is 16.8 Å². The molecule has 0 heterocycles. The highest BCUT2D eigenvalue weighted by molar-refractivity contribution is 5.92. The van der Waals surface area contributed by atoms with Gasteiger partial charge in [-0.15, -0.1) is 0 Å². The summed E-state index contributed by atoms with van der Waals surface area (Å²) in [5, 5.41) is 2.67. The summed E-state index contributed by atoms with van der Waals surface area (Å²) in [6.07, 6.45) is 4.29. The standard InChI is InChI=1S/C15H16/c1-4-5-14-12(3)7-8-13-10-11(2)6-9-15(13)14/h4-10H,1-3H3/b5-4-. The van der Waals surface area contributed by atoms with Gasteiger partial charge < -0.3 is 0 Å². The number of aryl methyl sites for hydroxylation is 2. The van der Waals surface area contributed by atoms with Crippen molar-refractivity contribution in [2.24, 2.45) is 0 Å². The molecule has 0 heteroatoms. The zero-order chi connectivity index (χ0) is 10.8. The first-order valence-corrected chi connectivity index (χ1v) is 5.35. The van der Waals surface area contributed by atoms with E-state index in [9.17, 15) is 0 Å². The van der Waals surface area contributed by atoms with Gasteiger partial charge in [-0.25, -0.2) is 0 Å². The third-order valence-electron chi connectivity index (χ3n) is 2.77. The van der Waals surface area contributed by atoms with E-state index in [4.69, 9.17) is 0 Å². The molecule has 0 aromatic heterocycles. The van der Waals surface area contributed by atoms with Gasteiger partial charge in [0.05, 0.1) is 0 Å². The number of allylic oxidation sites excluding steroid dienone is 1. The number of hydrogen-bond donors (Lipinski definition) is 0. The second kappa shape index (κ2) is 3.90. The summed E-state index contributed by atoms with van der Waals surface area (Å²) in [4.78, 5) is 0. The predicted molar refractivity (Wildman–Crippen MR) is 68.1 cm³/mol. The van der Waals surface area contributed by atoms with Gasteiger partial charge in [0.1, 0.15) is 0 Å². The molecule has 0 aliphatic rings. The van der Waals surface area contributed by atoms with Gasteiger partial charge in [-0.05, 0) is 42.7 Å². The van der Waals surface area contributed by atoms with Crippen LogP contribution in [0.4, 0.5) is 0 Å². The van der Waals surface area contributed by atoms with Crippen molar-refractivity contribution in [1.29, 1.82) is 0 Å². The van der Waals surface area contributed by atoms with Crippen molar-refractivity contribution in [3.63, 3.8) is 0 Å². The minimum atomic E-state index is 1.32. The zero-order valence-corrected chi connectivity index (χ0v) is 9.54. The van der Waals surface area contributed by atoms with Crippen molar-refractivity contribution in [3.8, 4) is 0 Å². The molecule has 0 aliphatic heterocycles. The molecular formula is C15H16. The Labute approximate surface area is 91.2 Å². The smallest absolute Gasteiger partial charge is 0.0109 e. The molecule has 2 aromatic carbocycles. The maximum Gasteiger partial charge on any atom is -0.0109 e. The fourth-order valence-corrected chi connectivity index (χ4v) is 1.97. The Morgan fingerprint density at radius 1 is 1.00 bits per heavy atom. The van der Waals surface area contributed by atoms with Crippen LogP contribution < -0.4 is 0 Å². The van der Waals surface area contributed by atoms with Gasteiger partial charge >= 0.3 is 0 Å². The fourth-order valence-electron chi connectivity index (χ4n) is 1.97. The SMILES string of the molecule is C/C=C\c1c(C)ccc2cc(C)ccc12. The fraction of sp³-hybridized carbons (Fsp3) is 0.200. The quantitative estimate of drug-likeness (QED) is 0.630. The van der Waals surface area contributed by atoms with Crippen molar-refractivity contribution in [1.82, 2.24) is 0 Å². The normalized spacial score (nSPS) is 11.4. The maximum absolute atomic E-state index is 2.24. The van der Waals surface area contributed by atoms with Crippen molar-refractivity contribution in [2.75, 3.05) is 0 Å². The second-order valence-corrected chi connectivity index (χ2v) is 4.02. The summed E-state index contributed by atoms with van der Waals surface area (Å²) in [6.45, 7) is 6.36. The zero-order valence-electron chi connectivity index (χ0n) is 9.54. The van der Waals surface area contributed by atoms with E-state index in [0.29, 0.717) is 0 Å². The summed E-state index contributed by atoms with van der Waals surface area (Å²) in [7, 11) is 0. The lowest BCUT2D eigenvalue weighted by molar-refractivity contribution is 1.45. The summed E-state index contributed by atoms with van der Waals surface area (Å²) >= 11 is 0. The van der Waals surface area contributed by atoms with E-state index in [0.717, 1.165) is 0 Å². The highest BCUT2D eigenvalue weighted by atomic mass is 14.1. The summed E-state index contributed by atoms with van der Waals surface area (Å²) < 4.78 is 0. The molecule has 0 atom stereocenters. The minimum Gasteiger partial charge on any atom is -0.0870 e.